The van der Waals surface area contributed by atoms with Crippen molar-refractivity contribution in [1.29, 1.82) is 0 Å². The van der Waals surface area contributed by atoms with E-state index in [2.05, 4.69) is 29.8 Å². The van der Waals surface area contributed by atoms with Gasteiger partial charge in [-0.3, -0.25) is 4.79 Å². The molecule has 2 aromatic heterocycles. The van der Waals surface area contributed by atoms with Crippen LogP contribution in [0.4, 0.5) is 19.0 Å². The van der Waals surface area contributed by atoms with Crippen LogP contribution in [-0.2, 0) is 16.6 Å². The van der Waals surface area contributed by atoms with Crippen LogP contribution in [0, 0.1) is 0 Å². The van der Waals surface area contributed by atoms with Crippen molar-refractivity contribution in [2.75, 3.05) is 4.90 Å². The number of hydrogen-bond acceptors (Lipinski definition) is 9. The predicted molar refractivity (Wildman–Crippen MR) is 158 cm³/mol. The summed E-state index contributed by atoms with van der Waals surface area (Å²) in [4.78, 5) is 19.4. The van der Waals surface area contributed by atoms with Crippen LogP contribution in [0.25, 0.3) is 11.3 Å². The third kappa shape index (κ3) is 6.01. The number of rotatable bonds is 10. The van der Waals surface area contributed by atoms with Crippen LogP contribution >= 0.6 is 0 Å². The number of nitrogens with zero attached hydrogens (tertiary/aromatic N) is 3. The lowest BCUT2D eigenvalue weighted by atomic mass is 9.96. The number of benzene rings is 1. The number of anilines is 1. The molecule has 240 valence electrons. The molecule has 2 N–H and O–H groups in total. The van der Waals surface area contributed by atoms with E-state index in [0.717, 1.165) is 49.9 Å². The Morgan fingerprint density at radius 1 is 1.09 bits per heavy atom. The standard InChI is InChI=1S/C31H34F3N5O5S/c1-30(12-13-30)45(41,42)38-29(40)19-8-11-26(36-16-19)39-21-9-10-22(39)15-20(14-21)35-17-24-27(37-44-28(24)18-6-7-18)23-4-2-3-5-25(23)43-31(32,33)34/h2-5,8,11,16,18,20-22,35H,6-7,9-10,12-15,17H2,1H3,(H,38,40). The maximum absolute atomic E-state index is 13.1. The summed E-state index contributed by atoms with van der Waals surface area (Å²) in [6.45, 7) is 2.03. The van der Waals surface area contributed by atoms with Gasteiger partial charge >= 0.3 is 6.36 Å². The molecule has 2 saturated carbocycles. The topological polar surface area (TPSA) is 127 Å². The predicted octanol–water partition coefficient (Wildman–Crippen LogP) is 5.41. The first-order chi connectivity index (χ1) is 21.4. The number of fused-ring (bicyclic) bond motifs is 2. The van der Waals surface area contributed by atoms with Crippen molar-refractivity contribution in [1.82, 2.24) is 20.2 Å². The summed E-state index contributed by atoms with van der Waals surface area (Å²) in [6.07, 6.45) is 3.21. The first-order valence-corrected chi connectivity index (χ1v) is 16.8. The van der Waals surface area contributed by atoms with Gasteiger partial charge in [0.05, 0.1) is 10.3 Å². The minimum Gasteiger partial charge on any atom is -0.405 e. The molecule has 0 radical (unpaired) electrons. The molecule has 0 spiro atoms. The minimum atomic E-state index is -4.83. The lowest BCUT2D eigenvalue weighted by molar-refractivity contribution is -0.274. The van der Waals surface area contributed by atoms with Crippen molar-refractivity contribution in [3.63, 3.8) is 0 Å². The van der Waals surface area contributed by atoms with Crippen LogP contribution in [0.3, 0.4) is 0 Å². The zero-order chi connectivity index (χ0) is 31.6. The second kappa shape index (κ2) is 11.0. The van der Waals surface area contributed by atoms with E-state index >= 15 is 0 Å². The van der Waals surface area contributed by atoms with Crippen LogP contribution in [0.5, 0.6) is 5.75 Å². The molecule has 4 fully saturated rings. The molecule has 2 saturated heterocycles. The van der Waals surface area contributed by atoms with E-state index in [1.165, 1.54) is 18.3 Å². The largest absolute Gasteiger partial charge is 0.573 e. The Balaban J connectivity index is 1.03. The number of ether oxygens (including phenoxy) is 1. The number of nitrogens with one attached hydrogen (secondary N) is 2. The lowest BCUT2D eigenvalue weighted by Gasteiger charge is -2.40. The van der Waals surface area contributed by atoms with Crippen molar-refractivity contribution in [2.24, 2.45) is 0 Å². The van der Waals surface area contributed by atoms with E-state index in [1.807, 2.05) is 0 Å². The van der Waals surface area contributed by atoms with Crippen molar-refractivity contribution >= 4 is 21.7 Å². The molecule has 2 bridgehead atoms. The number of para-hydroxylation sites is 1. The highest BCUT2D eigenvalue weighted by Gasteiger charge is 2.51. The lowest BCUT2D eigenvalue weighted by Crippen LogP contribution is -2.49. The zero-order valence-electron chi connectivity index (χ0n) is 24.6. The summed E-state index contributed by atoms with van der Waals surface area (Å²) in [7, 11) is -3.74. The fourth-order valence-electron chi connectivity index (χ4n) is 6.63. The van der Waals surface area contributed by atoms with Gasteiger partial charge in [0.15, 0.2) is 0 Å². The van der Waals surface area contributed by atoms with E-state index in [-0.39, 0.29) is 40.9 Å². The van der Waals surface area contributed by atoms with E-state index < -0.39 is 27.0 Å². The summed E-state index contributed by atoms with van der Waals surface area (Å²) >= 11 is 0. The fraction of sp³-hybridized carbons (Fsp3) is 0.516. The normalized spacial score (nSPS) is 24.0. The number of halogens is 3. The SMILES string of the molecule is CC1(S(=O)(=O)NC(=O)c2ccc(N3C4CCC3CC(NCc3c(-c5ccccc5OC(F)(F)F)noc3C3CC3)C4)nc2)CC1. The molecule has 14 heteroatoms. The number of carbonyl (C=O) groups excluding carboxylic acids is 1. The quantitative estimate of drug-likeness (QED) is 0.298. The molecule has 2 aliphatic heterocycles. The number of carbonyl (C=O) groups is 1. The van der Waals surface area contributed by atoms with Gasteiger partial charge in [0.2, 0.25) is 10.0 Å². The molecular formula is C31H34F3N5O5S. The molecule has 1 aromatic carbocycles. The molecule has 2 unspecified atom stereocenters. The maximum Gasteiger partial charge on any atom is 0.573 e. The molecule has 7 rings (SSSR count). The smallest absolute Gasteiger partial charge is 0.405 e. The van der Waals surface area contributed by atoms with Gasteiger partial charge in [-0.05, 0) is 82.6 Å². The minimum absolute atomic E-state index is 0.161. The van der Waals surface area contributed by atoms with E-state index in [9.17, 15) is 26.4 Å². The van der Waals surface area contributed by atoms with Gasteiger partial charge in [-0.25, -0.2) is 18.1 Å². The number of piperidine rings is 1. The second-order valence-electron chi connectivity index (χ2n) is 12.8. The highest BCUT2D eigenvalue weighted by Crippen LogP contribution is 2.46. The molecule has 3 aromatic rings. The second-order valence-corrected chi connectivity index (χ2v) is 15.0. The van der Waals surface area contributed by atoms with Gasteiger partial charge in [0, 0.05) is 47.9 Å². The molecule has 2 atom stereocenters. The average molecular weight is 646 g/mol. The van der Waals surface area contributed by atoms with E-state index in [0.29, 0.717) is 30.8 Å². The van der Waals surface area contributed by atoms with Gasteiger partial charge < -0.3 is 19.5 Å². The van der Waals surface area contributed by atoms with Crippen LogP contribution in [0.1, 0.15) is 85.9 Å². The summed E-state index contributed by atoms with van der Waals surface area (Å²) in [5.74, 6) is 0.674. The highest BCUT2D eigenvalue weighted by atomic mass is 32.2. The fourth-order valence-corrected chi connectivity index (χ4v) is 7.88. The number of pyridine rings is 1. The highest BCUT2D eigenvalue weighted by molar-refractivity contribution is 7.91. The molecule has 1 amide bonds. The number of aromatic nitrogens is 2. The number of hydrogen-bond donors (Lipinski definition) is 2. The van der Waals surface area contributed by atoms with E-state index in [4.69, 9.17) is 4.52 Å². The van der Waals surface area contributed by atoms with Gasteiger partial charge in [-0.1, -0.05) is 17.3 Å². The first-order valence-electron chi connectivity index (χ1n) is 15.3. The Bertz CT molecular complexity index is 1690. The average Bonchev–Trinajstić information content (AvgIpc) is 3.91. The van der Waals surface area contributed by atoms with Crippen molar-refractivity contribution in [3.05, 3.63) is 59.5 Å². The van der Waals surface area contributed by atoms with Crippen LogP contribution in [0.15, 0.2) is 47.1 Å². The molecule has 45 heavy (non-hydrogen) atoms. The molecule has 4 aliphatic rings. The number of alkyl halides is 3. The molecule has 4 heterocycles. The third-order valence-electron chi connectivity index (χ3n) is 9.54. The molecular weight excluding hydrogens is 611 g/mol. The van der Waals surface area contributed by atoms with Gasteiger partial charge in [0.25, 0.3) is 5.91 Å². The Morgan fingerprint density at radius 2 is 1.80 bits per heavy atom. The number of amides is 1. The summed E-state index contributed by atoms with van der Waals surface area (Å²) < 4.78 is 75.6. The van der Waals surface area contributed by atoms with Gasteiger partial charge in [0.1, 0.15) is 23.0 Å². The summed E-state index contributed by atoms with van der Waals surface area (Å²) in [5, 5.41) is 7.85. The van der Waals surface area contributed by atoms with Crippen molar-refractivity contribution in [3.8, 4) is 17.0 Å². The summed E-state index contributed by atoms with van der Waals surface area (Å²) in [5.41, 5.74) is 1.55. The van der Waals surface area contributed by atoms with E-state index in [1.54, 1.807) is 31.2 Å². The molecule has 10 nitrogen and oxygen atoms in total. The Labute approximate surface area is 258 Å². The summed E-state index contributed by atoms with van der Waals surface area (Å²) in [6, 6.07) is 9.96. The van der Waals surface area contributed by atoms with Crippen LogP contribution in [0.2, 0.25) is 0 Å². The Morgan fingerprint density at radius 3 is 2.42 bits per heavy atom. The zero-order valence-corrected chi connectivity index (χ0v) is 25.5. The maximum atomic E-state index is 13.1. The van der Waals surface area contributed by atoms with Crippen LogP contribution < -0.4 is 19.7 Å². The Hall–Kier alpha value is -3.65. The van der Waals surface area contributed by atoms with Crippen molar-refractivity contribution in [2.45, 2.75) is 100.0 Å². The van der Waals surface area contributed by atoms with Crippen molar-refractivity contribution < 1.29 is 35.6 Å². The first kappa shape index (κ1) is 30.0. The van der Waals surface area contributed by atoms with Gasteiger partial charge in [-0.15, -0.1) is 13.2 Å². The van der Waals surface area contributed by atoms with Gasteiger partial charge in [-0.2, -0.15) is 0 Å². The number of sulfonamides is 1. The van der Waals surface area contributed by atoms with Crippen LogP contribution in [-0.4, -0.2) is 53.7 Å². The molecule has 2 aliphatic carbocycles. The Kier molecular flexibility index (Phi) is 7.34. The monoisotopic (exact) mass is 645 g/mol. The third-order valence-corrected chi connectivity index (χ3v) is 11.7.